The molecule has 6 heteroatoms. The number of carboxylic acid groups (broad SMARTS) is 1. The number of benzene rings is 1. The summed E-state index contributed by atoms with van der Waals surface area (Å²) in [7, 11) is 0. The molecule has 2 aromatic rings. The number of nitrogens with zero attached hydrogens (tertiary/aromatic N) is 1. The number of rotatable bonds is 6. The van der Waals surface area contributed by atoms with E-state index in [1.165, 1.54) is 0 Å². The first-order chi connectivity index (χ1) is 11.1. The Morgan fingerprint density at radius 3 is 2.65 bits per heavy atom. The molecule has 1 aromatic carbocycles. The van der Waals surface area contributed by atoms with E-state index in [1.54, 1.807) is 18.5 Å². The van der Waals surface area contributed by atoms with Crippen molar-refractivity contribution in [1.82, 2.24) is 10.3 Å². The number of ether oxygens (including phenoxy) is 1. The Bertz CT molecular complexity index is 673. The molecule has 0 unspecified atom stereocenters. The molecule has 0 fully saturated rings. The molecular formula is C17H18N2O4. The molecule has 0 saturated heterocycles. The Kier molecular flexibility index (Phi) is 5.68. The number of aliphatic carboxylic acids is 1. The number of nitrogens with one attached hydrogen (secondary N) is 1. The number of alkyl carbamates (subject to hydrolysis) is 1. The maximum absolute atomic E-state index is 12.0. The third-order valence-electron chi connectivity index (χ3n) is 3.32. The van der Waals surface area contributed by atoms with E-state index in [9.17, 15) is 9.59 Å². The molecule has 0 aliphatic heterocycles. The first-order valence-corrected chi connectivity index (χ1v) is 7.16. The van der Waals surface area contributed by atoms with E-state index < -0.39 is 18.1 Å². The number of aromatic nitrogens is 1. The summed E-state index contributed by atoms with van der Waals surface area (Å²) in [6.45, 7) is 1.94. The van der Waals surface area contributed by atoms with Crippen molar-refractivity contribution < 1.29 is 19.4 Å². The highest BCUT2D eigenvalue weighted by Gasteiger charge is 2.20. The van der Waals surface area contributed by atoms with Crippen molar-refractivity contribution in [2.45, 2.75) is 26.0 Å². The van der Waals surface area contributed by atoms with Gasteiger partial charge in [0.2, 0.25) is 0 Å². The topological polar surface area (TPSA) is 88.5 Å². The second-order valence-corrected chi connectivity index (χ2v) is 5.09. The van der Waals surface area contributed by atoms with Gasteiger partial charge in [0.15, 0.2) is 0 Å². The van der Waals surface area contributed by atoms with Gasteiger partial charge in [-0.05, 0) is 29.7 Å². The normalized spacial score (nSPS) is 11.5. The van der Waals surface area contributed by atoms with Crippen molar-refractivity contribution in [3.05, 3.63) is 65.5 Å². The molecule has 6 nitrogen and oxygen atoms in total. The van der Waals surface area contributed by atoms with Gasteiger partial charge in [0.1, 0.15) is 6.61 Å². The van der Waals surface area contributed by atoms with Crippen molar-refractivity contribution in [1.29, 1.82) is 0 Å². The Balaban J connectivity index is 2.01. The van der Waals surface area contributed by atoms with Gasteiger partial charge in [-0.1, -0.05) is 30.3 Å². The second kappa shape index (κ2) is 7.93. The third kappa shape index (κ3) is 5.10. The zero-order valence-corrected chi connectivity index (χ0v) is 12.7. The number of pyridine rings is 1. The summed E-state index contributed by atoms with van der Waals surface area (Å²) in [4.78, 5) is 27.0. The van der Waals surface area contributed by atoms with Gasteiger partial charge in [0, 0.05) is 12.4 Å². The second-order valence-electron chi connectivity index (χ2n) is 5.09. The lowest BCUT2D eigenvalue weighted by Gasteiger charge is -2.19. The van der Waals surface area contributed by atoms with Crippen LogP contribution in [-0.4, -0.2) is 22.2 Å². The summed E-state index contributed by atoms with van der Waals surface area (Å²) in [5.74, 6) is -1.01. The molecule has 1 atom stereocenters. The van der Waals surface area contributed by atoms with Crippen molar-refractivity contribution in [3.8, 4) is 0 Å². The summed E-state index contributed by atoms with van der Waals surface area (Å²) in [6.07, 6.45) is 2.30. The molecule has 1 aromatic heterocycles. The summed E-state index contributed by atoms with van der Waals surface area (Å²) < 4.78 is 5.14. The molecule has 0 bridgehead atoms. The number of hydrogen-bond donors (Lipinski definition) is 2. The highest BCUT2D eigenvalue weighted by Crippen LogP contribution is 2.20. The maximum Gasteiger partial charge on any atom is 0.407 e. The summed E-state index contributed by atoms with van der Waals surface area (Å²) in [5.41, 5.74) is 2.37. The quantitative estimate of drug-likeness (QED) is 0.856. The van der Waals surface area contributed by atoms with Crippen LogP contribution in [0.15, 0.2) is 48.8 Å². The Labute approximate surface area is 134 Å². The van der Waals surface area contributed by atoms with Gasteiger partial charge in [-0.25, -0.2) is 4.79 Å². The largest absolute Gasteiger partial charge is 0.481 e. The lowest BCUT2D eigenvalue weighted by molar-refractivity contribution is -0.137. The molecule has 120 valence electrons. The number of carbonyl (C=O) groups excluding carboxylic acids is 1. The van der Waals surface area contributed by atoms with Crippen molar-refractivity contribution in [3.63, 3.8) is 0 Å². The Morgan fingerprint density at radius 1 is 1.26 bits per heavy atom. The van der Waals surface area contributed by atoms with Crippen LogP contribution in [-0.2, 0) is 16.1 Å². The minimum absolute atomic E-state index is 0.127. The van der Waals surface area contributed by atoms with Crippen LogP contribution in [0.25, 0.3) is 0 Å². The molecule has 0 spiro atoms. The number of carboxylic acids is 1. The van der Waals surface area contributed by atoms with E-state index in [4.69, 9.17) is 9.84 Å². The van der Waals surface area contributed by atoms with Gasteiger partial charge in [0.25, 0.3) is 0 Å². The summed E-state index contributed by atoms with van der Waals surface area (Å²) >= 11 is 0. The van der Waals surface area contributed by atoms with E-state index >= 15 is 0 Å². The van der Waals surface area contributed by atoms with Gasteiger partial charge in [-0.2, -0.15) is 0 Å². The molecule has 2 rings (SSSR count). The van der Waals surface area contributed by atoms with Crippen LogP contribution in [0.4, 0.5) is 4.79 Å². The lowest BCUT2D eigenvalue weighted by atomic mass is 10.0. The van der Waals surface area contributed by atoms with Crippen molar-refractivity contribution in [2.75, 3.05) is 0 Å². The van der Waals surface area contributed by atoms with E-state index in [2.05, 4.69) is 10.3 Å². The molecule has 0 aliphatic carbocycles. The van der Waals surface area contributed by atoms with Crippen LogP contribution in [0, 0.1) is 6.92 Å². The fraction of sp³-hybridized carbons (Fsp3) is 0.235. The van der Waals surface area contributed by atoms with Crippen LogP contribution in [0.1, 0.15) is 29.2 Å². The number of hydrogen-bond acceptors (Lipinski definition) is 4. The standard InChI is InChI=1S/C17H18N2O4/c1-12-10-18-8-7-14(12)15(9-16(20)21)19-17(22)23-11-13-5-3-2-4-6-13/h2-8,10,15H,9,11H2,1H3,(H,19,22)(H,20,21)/t15-/m1/s1. The number of aryl methyl sites for hydroxylation is 1. The van der Waals surface area contributed by atoms with E-state index in [0.29, 0.717) is 5.56 Å². The number of amides is 1. The van der Waals surface area contributed by atoms with Crippen LogP contribution in [0.5, 0.6) is 0 Å². The van der Waals surface area contributed by atoms with Crippen LogP contribution < -0.4 is 5.32 Å². The zero-order valence-electron chi connectivity index (χ0n) is 12.7. The summed E-state index contributed by atoms with van der Waals surface area (Å²) in [5, 5.41) is 11.7. The third-order valence-corrected chi connectivity index (χ3v) is 3.32. The molecule has 23 heavy (non-hydrogen) atoms. The first-order valence-electron chi connectivity index (χ1n) is 7.16. The molecule has 0 saturated carbocycles. The van der Waals surface area contributed by atoms with Crippen molar-refractivity contribution in [2.24, 2.45) is 0 Å². The molecule has 0 aliphatic rings. The van der Waals surface area contributed by atoms with Crippen LogP contribution in [0.3, 0.4) is 0 Å². The Morgan fingerprint density at radius 2 is 2.00 bits per heavy atom. The van der Waals surface area contributed by atoms with E-state index in [0.717, 1.165) is 11.1 Å². The van der Waals surface area contributed by atoms with Crippen LogP contribution >= 0.6 is 0 Å². The zero-order chi connectivity index (χ0) is 16.7. The monoisotopic (exact) mass is 314 g/mol. The molecule has 1 heterocycles. The molecule has 1 amide bonds. The molecule has 2 N–H and O–H groups in total. The highest BCUT2D eigenvalue weighted by atomic mass is 16.5. The molecule has 0 radical (unpaired) electrons. The lowest BCUT2D eigenvalue weighted by Crippen LogP contribution is -2.31. The average molecular weight is 314 g/mol. The van der Waals surface area contributed by atoms with Gasteiger partial charge in [0.05, 0.1) is 12.5 Å². The van der Waals surface area contributed by atoms with Gasteiger partial charge in [-0.15, -0.1) is 0 Å². The van der Waals surface area contributed by atoms with Crippen molar-refractivity contribution >= 4 is 12.1 Å². The van der Waals surface area contributed by atoms with Crippen LogP contribution in [0.2, 0.25) is 0 Å². The molecular weight excluding hydrogens is 296 g/mol. The fourth-order valence-electron chi connectivity index (χ4n) is 2.20. The minimum Gasteiger partial charge on any atom is -0.481 e. The smallest absolute Gasteiger partial charge is 0.407 e. The Hall–Kier alpha value is -2.89. The predicted molar refractivity (Wildman–Crippen MR) is 83.7 cm³/mol. The highest BCUT2D eigenvalue weighted by molar-refractivity contribution is 5.72. The van der Waals surface area contributed by atoms with Gasteiger partial charge >= 0.3 is 12.1 Å². The summed E-state index contributed by atoms with van der Waals surface area (Å²) in [6, 6.07) is 10.3. The minimum atomic E-state index is -1.01. The van der Waals surface area contributed by atoms with E-state index in [1.807, 2.05) is 37.3 Å². The van der Waals surface area contributed by atoms with Gasteiger partial charge in [-0.3, -0.25) is 9.78 Å². The maximum atomic E-state index is 12.0. The van der Waals surface area contributed by atoms with Gasteiger partial charge < -0.3 is 15.2 Å². The SMILES string of the molecule is Cc1cnccc1[C@@H](CC(=O)O)NC(=O)OCc1ccccc1. The predicted octanol–water partition coefficient (Wildman–Crippen LogP) is 2.83. The fourth-order valence-corrected chi connectivity index (χ4v) is 2.20. The first kappa shape index (κ1) is 16.5. The average Bonchev–Trinajstić information content (AvgIpc) is 2.53. The number of carbonyl (C=O) groups is 2. The van der Waals surface area contributed by atoms with E-state index in [-0.39, 0.29) is 13.0 Å².